The lowest BCUT2D eigenvalue weighted by Gasteiger charge is -2.19. The van der Waals surface area contributed by atoms with Crippen molar-refractivity contribution in [3.8, 4) is 5.75 Å². The lowest BCUT2D eigenvalue weighted by atomic mass is 10.1. The predicted molar refractivity (Wildman–Crippen MR) is 95.3 cm³/mol. The first-order chi connectivity index (χ1) is 11.1. The highest BCUT2D eigenvalue weighted by Gasteiger charge is 2.16. The number of carbonyl (C=O) groups excluding carboxylic acids is 1. The van der Waals surface area contributed by atoms with Crippen LogP contribution in [0.1, 0.15) is 15.9 Å². The summed E-state index contributed by atoms with van der Waals surface area (Å²) >= 11 is 0. The average Bonchev–Trinajstić information content (AvgIpc) is 2.58. The molecule has 0 radical (unpaired) electrons. The molecular weight excluding hydrogens is 331 g/mol. The molecule has 4 nitrogen and oxygen atoms in total. The number of nitrogens with zero attached hydrogens (tertiary/aromatic N) is 1. The molecule has 0 aliphatic carbocycles. The van der Waals surface area contributed by atoms with Crippen molar-refractivity contribution in [2.45, 2.75) is 6.61 Å². The Morgan fingerprint density at radius 3 is 2.50 bits per heavy atom. The molecule has 0 aliphatic heterocycles. The van der Waals surface area contributed by atoms with Gasteiger partial charge in [0.2, 0.25) is 0 Å². The van der Waals surface area contributed by atoms with E-state index in [-0.39, 0.29) is 30.7 Å². The molecule has 0 saturated carbocycles. The van der Waals surface area contributed by atoms with Crippen LogP contribution in [0, 0.1) is 5.82 Å². The second-order valence-electron chi connectivity index (χ2n) is 5.24. The molecule has 0 fully saturated rings. The monoisotopic (exact) mass is 352 g/mol. The number of hydrogen-bond donors (Lipinski definition) is 1. The van der Waals surface area contributed by atoms with Crippen LogP contribution in [-0.4, -0.2) is 38.0 Å². The standard InChI is InChI=1S/C18H21FN2O2.ClH/c1-20-11-12-21(2)18(22)16-5-3-4-6-17(16)23-13-14-7-9-15(19)10-8-14;/h3-10,20H,11-13H2,1-2H3;1H. The highest BCUT2D eigenvalue weighted by atomic mass is 35.5. The minimum atomic E-state index is -0.282. The minimum absolute atomic E-state index is 0. The van der Waals surface area contributed by atoms with Gasteiger partial charge in [0.15, 0.2) is 0 Å². The maximum atomic E-state index is 12.9. The van der Waals surface area contributed by atoms with E-state index in [0.717, 1.165) is 12.1 Å². The zero-order valence-electron chi connectivity index (χ0n) is 13.8. The Balaban J connectivity index is 0.00000288. The second-order valence-corrected chi connectivity index (χ2v) is 5.24. The average molecular weight is 353 g/mol. The van der Waals surface area contributed by atoms with Crippen molar-refractivity contribution in [3.05, 3.63) is 65.5 Å². The number of ether oxygens (including phenoxy) is 1. The SMILES string of the molecule is CNCCN(C)C(=O)c1ccccc1OCc1ccc(F)cc1.Cl. The van der Waals surface area contributed by atoms with E-state index < -0.39 is 0 Å². The summed E-state index contributed by atoms with van der Waals surface area (Å²) in [6.07, 6.45) is 0. The molecule has 6 heteroatoms. The van der Waals surface area contributed by atoms with Gasteiger partial charge >= 0.3 is 0 Å². The Morgan fingerprint density at radius 1 is 1.17 bits per heavy atom. The van der Waals surface area contributed by atoms with E-state index in [1.54, 1.807) is 36.2 Å². The molecule has 0 bridgehead atoms. The van der Waals surface area contributed by atoms with E-state index in [4.69, 9.17) is 4.74 Å². The Labute approximate surface area is 148 Å². The Bertz CT molecular complexity index is 650. The van der Waals surface area contributed by atoms with E-state index in [2.05, 4.69) is 5.32 Å². The highest BCUT2D eigenvalue weighted by Crippen LogP contribution is 2.21. The van der Waals surface area contributed by atoms with Gasteiger partial charge in [-0.15, -0.1) is 12.4 Å². The zero-order chi connectivity index (χ0) is 16.7. The first-order valence-corrected chi connectivity index (χ1v) is 7.48. The van der Waals surface area contributed by atoms with E-state index in [9.17, 15) is 9.18 Å². The normalized spacial score (nSPS) is 9.96. The van der Waals surface area contributed by atoms with Gasteiger partial charge in [-0.1, -0.05) is 24.3 Å². The third kappa shape index (κ3) is 5.51. The number of rotatable bonds is 7. The molecule has 0 aliphatic rings. The van der Waals surface area contributed by atoms with E-state index in [1.165, 1.54) is 12.1 Å². The second kappa shape index (κ2) is 9.90. The molecule has 2 aromatic carbocycles. The summed E-state index contributed by atoms with van der Waals surface area (Å²) in [4.78, 5) is 14.1. The molecule has 0 atom stereocenters. The van der Waals surface area contributed by atoms with Crippen LogP contribution in [0.2, 0.25) is 0 Å². The lowest BCUT2D eigenvalue weighted by molar-refractivity contribution is 0.0792. The van der Waals surface area contributed by atoms with Crippen LogP contribution in [0.4, 0.5) is 4.39 Å². The molecular formula is C18H22ClFN2O2. The van der Waals surface area contributed by atoms with Crippen LogP contribution in [0.3, 0.4) is 0 Å². The van der Waals surface area contributed by atoms with Crippen LogP contribution in [0.15, 0.2) is 48.5 Å². The van der Waals surface area contributed by atoms with Crippen LogP contribution in [-0.2, 0) is 6.61 Å². The lowest BCUT2D eigenvalue weighted by Crippen LogP contribution is -2.33. The van der Waals surface area contributed by atoms with Crippen LogP contribution < -0.4 is 10.1 Å². The van der Waals surface area contributed by atoms with Gasteiger partial charge in [-0.25, -0.2) is 4.39 Å². The topological polar surface area (TPSA) is 41.6 Å². The summed E-state index contributed by atoms with van der Waals surface area (Å²) in [6, 6.07) is 13.3. The summed E-state index contributed by atoms with van der Waals surface area (Å²) in [5, 5.41) is 3.01. The number of amides is 1. The zero-order valence-corrected chi connectivity index (χ0v) is 14.6. The number of nitrogens with one attached hydrogen (secondary N) is 1. The smallest absolute Gasteiger partial charge is 0.257 e. The largest absolute Gasteiger partial charge is 0.488 e. The molecule has 0 unspecified atom stereocenters. The fourth-order valence-electron chi connectivity index (χ4n) is 2.10. The van der Waals surface area contributed by atoms with Crippen LogP contribution in [0.25, 0.3) is 0 Å². The summed E-state index contributed by atoms with van der Waals surface area (Å²) < 4.78 is 18.7. The molecule has 1 N–H and O–H groups in total. The number of likely N-dealkylation sites (N-methyl/N-ethyl adjacent to an activating group) is 2. The van der Waals surface area contributed by atoms with Crippen molar-refractivity contribution in [2.24, 2.45) is 0 Å². The Kier molecular flexibility index (Phi) is 8.22. The van der Waals surface area contributed by atoms with Gasteiger partial charge in [0, 0.05) is 20.1 Å². The summed E-state index contributed by atoms with van der Waals surface area (Å²) in [6.45, 7) is 1.62. The Hall–Kier alpha value is -2.11. The van der Waals surface area contributed by atoms with Gasteiger partial charge in [0.25, 0.3) is 5.91 Å². The fourth-order valence-corrected chi connectivity index (χ4v) is 2.10. The molecule has 0 aromatic heterocycles. The van der Waals surface area contributed by atoms with Crippen molar-refractivity contribution in [2.75, 3.05) is 27.2 Å². The first kappa shape index (κ1) is 19.9. The predicted octanol–water partition coefficient (Wildman–Crippen LogP) is 3.12. The first-order valence-electron chi connectivity index (χ1n) is 7.48. The van der Waals surface area contributed by atoms with Gasteiger partial charge in [0.05, 0.1) is 5.56 Å². The van der Waals surface area contributed by atoms with E-state index in [0.29, 0.717) is 17.9 Å². The van der Waals surface area contributed by atoms with Gasteiger partial charge in [-0.3, -0.25) is 4.79 Å². The molecule has 130 valence electrons. The number of carbonyl (C=O) groups is 1. The van der Waals surface area contributed by atoms with Gasteiger partial charge in [-0.2, -0.15) is 0 Å². The van der Waals surface area contributed by atoms with Crippen molar-refractivity contribution < 1.29 is 13.9 Å². The number of halogens is 2. The van der Waals surface area contributed by atoms with Gasteiger partial charge in [-0.05, 0) is 36.9 Å². The van der Waals surface area contributed by atoms with Crippen LogP contribution >= 0.6 is 12.4 Å². The third-order valence-corrected chi connectivity index (χ3v) is 3.47. The molecule has 2 rings (SSSR count). The molecule has 0 heterocycles. The molecule has 0 saturated heterocycles. The fraction of sp³-hybridized carbons (Fsp3) is 0.278. The van der Waals surface area contributed by atoms with Gasteiger partial charge in [0.1, 0.15) is 18.2 Å². The minimum Gasteiger partial charge on any atom is -0.488 e. The number of benzene rings is 2. The van der Waals surface area contributed by atoms with E-state index >= 15 is 0 Å². The van der Waals surface area contributed by atoms with Crippen molar-refractivity contribution in [3.63, 3.8) is 0 Å². The maximum Gasteiger partial charge on any atom is 0.257 e. The quantitative estimate of drug-likeness (QED) is 0.832. The van der Waals surface area contributed by atoms with Gasteiger partial charge < -0.3 is 15.0 Å². The van der Waals surface area contributed by atoms with Crippen molar-refractivity contribution in [1.82, 2.24) is 10.2 Å². The molecule has 24 heavy (non-hydrogen) atoms. The third-order valence-electron chi connectivity index (χ3n) is 3.47. The summed E-state index contributed by atoms with van der Waals surface area (Å²) in [5.41, 5.74) is 1.37. The number of hydrogen-bond acceptors (Lipinski definition) is 3. The summed E-state index contributed by atoms with van der Waals surface area (Å²) in [5.74, 6) is 0.156. The van der Waals surface area contributed by atoms with E-state index in [1.807, 2.05) is 19.2 Å². The maximum absolute atomic E-state index is 12.9. The molecule has 2 aromatic rings. The Morgan fingerprint density at radius 2 is 1.83 bits per heavy atom. The molecule has 1 amide bonds. The number of para-hydroxylation sites is 1. The van der Waals surface area contributed by atoms with Crippen LogP contribution in [0.5, 0.6) is 5.75 Å². The van der Waals surface area contributed by atoms with Crippen molar-refractivity contribution >= 4 is 18.3 Å². The molecule has 0 spiro atoms. The summed E-state index contributed by atoms with van der Waals surface area (Å²) in [7, 11) is 3.61. The highest BCUT2D eigenvalue weighted by molar-refractivity contribution is 5.96. The van der Waals surface area contributed by atoms with Crippen molar-refractivity contribution in [1.29, 1.82) is 0 Å².